The number of fused-ring (bicyclic) bond motifs is 1. The summed E-state index contributed by atoms with van der Waals surface area (Å²) in [7, 11) is -1.51. The highest BCUT2D eigenvalue weighted by Gasteiger charge is 2.15. The molecule has 1 heterocycles. The van der Waals surface area contributed by atoms with Crippen molar-refractivity contribution >= 4 is 36.6 Å². The minimum Gasteiger partial charge on any atom is -0.415 e. The summed E-state index contributed by atoms with van der Waals surface area (Å²) in [6.45, 7) is 7.87. The van der Waals surface area contributed by atoms with Crippen LogP contribution < -0.4 is 5.73 Å². The summed E-state index contributed by atoms with van der Waals surface area (Å²) in [5.74, 6) is 0.468. The molecule has 0 aliphatic carbocycles. The van der Waals surface area contributed by atoms with E-state index in [4.69, 9.17) is 26.5 Å². The Morgan fingerprint density at radius 2 is 1.85 bits per heavy atom. The van der Waals surface area contributed by atoms with Gasteiger partial charge in [0.1, 0.15) is 6.73 Å². The van der Waals surface area contributed by atoms with Crippen LogP contribution in [0.4, 0.5) is 5.82 Å². The van der Waals surface area contributed by atoms with Crippen molar-refractivity contribution in [2.45, 2.75) is 26.4 Å². The number of rotatable bonds is 7. The van der Waals surface area contributed by atoms with E-state index in [2.05, 4.69) is 24.7 Å². The number of nitrogens with two attached hydrogens (primary N) is 1. The van der Waals surface area contributed by atoms with Crippen LogP contribution in [0, 0.1) is 0 Å². The molecule has 2 aromatic carbocycles. The molecule has 1 aromatic heterocycles. The quantitative estimate of drug-likeness (QED) is 0.467. The molecule has 0 fully saturated rings. The number of anilines is 1. The second-order valence-electron chi connectivity index (χ2n) is 7.10. The average molecular weight is 390 g/mol. The molecular formula is C19H24ClN3O2Si. The van der Waals surface area contributed by atoms with E-state index in [1.165, 1.54) is 0 Å². The van der Waals surface area contributed by atoms with Gasteiger partial charge in [0.25, 0.3) is 0 Å². The third-order valence-electron chi connectivity index (χ3n) is 3.93. The Hall–Kier alpha value is -1.86. The van der Waals surface area contributed by atoms with Crippen LogP contribution in [0.3, 0.4) is 0 Å². The highest BCUT2D eigenvalue weighted by Crippen LogP contribution is 2.34. The molecule has 0 unspecified atom stereocenters. The SMILES string of the molecule is C[Si](C)(C)OCCOCn1nc(N)c2cc(-c3ccccc3)c(Cl)cc21. The molecule has 26 heavy (non-hydrogen) atoms. The van der Waals surface area contributed by atoms with Crippen LogP contribution in [-0.4, -0.2) is 31.3 Å². The highest BCUT2D eigenvalue weighted by atomic mass is 35.5. The highest BCUT2D eigenvalue weighted by molar-refractivity contribution is 6.69. The number of hydrogen-bond acceptors (Lipinski definition) is 4. The largest absolute Gasteiger partial charge is 0.415 e. The summed E-state index contributed by atoms with van der Waals surface area (Å²) < 4.78 is 13.2. The normalized spacial score (nSPS) is 12.0. The molecule has 5 nitrogen and oxygen atoms in total. The summed E-state index contributed by atoms with van der Waals surface area (Å²) in [5.41, 5.74) is 8.96. The third-order valence-corrected chi connectivity index (χ3v) is 5.31. The second-order valence-corrected chi connectivity index (χ2v) is 12.0. The maximum absolute atomic E-state index is 6.51. The van der Waals surface area contributed by atoms with Crippen molar-refractivity contribution in [1.29, 1.82) is 0 Å². The van der Waals surface area contributed by atoms with Gasteiger partial charge in [-0.15, -0.1) is 0 Å². The van der Waals surface area contributed by atoms with Crippen LogP contribution in [0.1, 0.15) is 0 Å². The van der Waals surface area contributed by atoms with E-state index in [9.17, 15) is 0 Å². The summed E-state index contributed by atoms with van der Waals surface area (Å²) in [5, 5.41) is 5.92. The first-order valence-corrected chi connectivity index (χ1v) is 12.4. The zero-order valence-electron chi connectivity index (χ0n) is 15.3. The van der Waals surface area contributed by atoms with Gasteiger partial charge in [0.05, 0.1) is 23.8 Å². The molecule has 0 amide bonds. The smallest absolute Gasteiger partial charge is 0.183 e. The van der Waals surface area contributed by atoms with Gasteiger partial charge in [-0.2, -0.15) is 5.10 Å². The Kier molecular flexibility index (Phi) is 5.67. The molecule has 0 saturated heterocycles. The van der Waals surface area contributed by atoms with Gasteiger partial charge in [-0.3, -0.25) is 0 Å². The number of hydrogen-bond donors (Lipinski definition) is 1. The van der Waals surface area contributed by atoms with Crippen molar-refractivity contribution in [2.75, 3.05) is 18.9 Å². The van der Waals surface area contributed by atoms with Gasteiger partial charge < -0.3 is 14.9 Å². The van der Waals surface area contributed by atoms with Crippen LogP contribution in [-0.2, 0) is 15.9 Å². The topological polar surface area (TPSA) is 62.3 Å². The first kappa shape index (κ1) is 18.9. The molecule has 0 aliphatic rings. The molecule has 7 heteroatoms. The van der Waals surface area contributed by atoms with E-state index in [1.54, 1.807) is 4.68 Å². The van der Waals surface area contributed by atoms with Gasteiger partial charge in [0.2, 0.25) is 0 Å². The Labute approximate surface area is 159 Å². The fourth-order valence-electron chi connectivity index (χ4n) is 2.71. The van der Waals surface area contributed by atoms with E-state index in [1.807, 2.05) is 42.5 Å². The Balaban J connectivity index is 1.78. The summed E-state index contributed by atoms with van der Waals surface area (Å²) in [6.07, 6.45) is 0. The Bertz CT molecular complexity index is 891. The van der Waals surface area contributed by atoms with Crippen molar-refractivity contribution < 1.29 is 9.16 Å². The number of aromatic nitrogens is 2. The average Bonchev–Trinajstić information content (AvgIpc) is 2.89. The fraction of sp³-hybridized carbons (Fsp3) is 0.316. The molecule has 0 bridgehead atoms. The van der Waals surface area contributed by atoms with E-state index in [0.29, 0.717) is 30.8 Å². The van der Waals surface area contributed by atoms with Gasteiger partial charge >= 0.3 is 0 Å². The van der Waals surface area contributed by atoms with Crippen molar-refractivity contribution in [3.63, 3.8) is 0 Å². The number of nitrogen functional groups attached to an aromatic ring is 1. The van der Waals surface area contributed by atoms with Crippen LogP contribution in [0.25, 0.3) is 22.0 Å². The van der Waals surface area contributed by atoms with Gasteiger partial charge in [-0.25, -0.2) is 4.68 Å². The van der Waals surface area contributed by atoms with Gasteiger partial charge in [-0.1, -0.05) is 41.9 Å². The lowest BCUT2D eigenvalue weighted by atomic mass is 10.0. The number of halogens is 1. The number of nitrogens with zero attached hydrogens (tertiary/aromatic N) is 2. The molecule has 0 atom stereocenters. The van der Waals surface area contributed by atoms with Crippen LogP contribution >= 0.6 is 11.6 Å². The van der Waals surface area contributed by atoms with Gasteiger partial charge in [-0.05, 0) is 37.3 Å². The van der Waals surface area contributed by atoms with Crippen molar-refractivity contribution in [1.82, 2.24) is 9.78 Å². The molecule has 0 aliphatic heterocycles. The van der Waals surface area contributed by atoms with Gasteiger partial charge in [0, 0.05) is 10.9 Å². The molecule has 3 rings (SSSR count). The molecule has 3 aromatic rings. The standard InChI is InChI=1S/C19H24ClN3O2Si/c1-26(2,3)25-10-9-24-13-23-18-12-17(20)15(11-16(18)19(21)22-23)14-7-5-4-6-8-14/h4-8,11-12H,9-10,13H2,1-3H3,(H2,21,22). The first-order valence-electron chi connectivity index (χ1n) is 8.58. The molecule has 138 valence electrons. The third kappa shape index (κ3) is 4.45. The molecule has 0 radical (unpaired) electrons. The first-order chi connectivity index (χ1) is 12.3. The van der Waals surface area contributed by atoms with Crippen LogP contribution in [0.15, 0.2) is 42.5 Å². The predicted molar refractivity (Wildman–Crippen MR) is 110 cm³/mol. The zero-order chi connectivity index (χ0) is 18.7. The molecular weight excluding hydrogens is 366 g/mol. The molecule has 0 saturated carbocycles. The second kappa shape index (κ2) is 7.80. The zero-order valence-corrected chi connectivity index (χ0v) is 17.1. The van der Waals surface area contributed by atoms with Crippen molar-refractivity contribution in [2.24, 2.45) is 0 Å². The lowest BCUT2D eigenvalue weighted by molar-refractivity contribution is 0.0483. The van der Waals surface area contributed by atoms with Gasteiger partial charge in [0.15, 0.2) is 14.1 Å². The minimum absolute atomic E-state index is 0.309. The van der Waals surface area contributed by atoms with Crippen LogP contribution in [0.5, 0.6) is 0 Å². The van der Waals surface area contributed by atoms with Crippen molar-refractivity contribution in [3.05, 3.63) is 47.5 Å². The number of benzene rings is 2. The van der Waals surface area contributed by atoms with E-state index in [-0.39, 0.29) is 0 Å². The Morgan fingerprint density at radius 1 is 1.12 bits per heavy atom. The lowest BCUT2D eigenvalue weighted by Crippen LogP contribution is -2.27. The predicted octanol–water partition coefficient (Wildman–Crippen LogP) is 4.76. The summed E-state index contributed by atoms with van der Waals surface area (Å²) in [6, 6.07) is 13.9. The minimum atomic E-state index is -1.51. The monoisotopic (exact) mass is 389 g/mol. The molecule has 0 spiro atoms. The maximum Gasteiger partial charge on any atom is 0.183 e. The summed E-state index contributed by atoms with van der Waals surface area (Å²) in [4.78, 5) is 0. The molecule has 2 N–H and O–H groups in total. The Morgan fingerprint density at radius 3 is 2.54 bits per heavy atom. The number of ether oxygens (including phenoxy) is 1. The van der Waals surface area contributed by atoms with Crippen molar-refractivity contribution in [3.8, 4) is 11.1 Å². The fourth-order valence-corrected chi connectivity index (χ4v) is 3.68. The van der Waals surface area contributed by atoms with E-state index < -0.39 is 8.32 Å². The summed E-state index contributed by atoms with van der Waals surface area (Å²) >= 11 is 6.51. The van der Waals surface area contributed by atoms with E-state index >= 15 is 0 Å². The maximum atomic E-state index is 6.51. The van der Waals surface area contributed by atoms with Crippen LogP contribution in [0.2, 0.25) is 24.7 Å². The lowest BCUT2D eigenvalue weighted by Gasteiger charge is -2.17. The van der Waals surface area contributed by atoms with E-state index in [0.717, 1.165) is 22.0 Å².